The molecule has 1 aromatic heterocycles. The number of ether oxygens (including phenoxy) is 1. The molecule has 0 aromatic carbocycles. The van der Waals surface area contributed by atoms with Crippen LogP contribution in [0.2, 0.25) is 0 Å². The summed E-state index contributed by atoms with van der Waals surface area (Å²) in [4.78, 5) is 19.0. The first-order valence-corrected chi connectivity index (χ1v) is 7.24. The minimum atomic E-state index is 0.0810. The van der Waals surface area contributed by atoms with E-state index in [0.29, 0.717) is 32.3 Å². The van der Waals surface area contributed by atoms with E-state index < -0.39 is 0 Å². The van der Waals surface area contributed by atoms with E-state index in [1.54, 1.807) is 6.20 Å². The van der Waals surface area contributed by atoms with Gasteiger partial charge in [0, 0.05) is 19.1 Å². The maximum absolute atomic E-state index is 12.2. The molecule has 0 radical (unpaired) electrons. The molecule has 2 fully saturated rings. The highest BCUT2D eigenvalue weighted by Gasteiger charge is 2.22. The summed E-state index contributed by atoms with van der Waals surface area (Å²) in [6.07, 6.45) is 5.41. The smallest absolute Gasteiger partial charge is 0.265 e. The van der Waals surface area contributed by atoms with Gasteiger partial charge in [0.1, 0.15) is 4.88 Å². The van der Waals surface area contributed by atoms with Gasteiger partial charge in [-0.25, -0.2) is 4.98 Å². The van der Waals surface area contributed by atoms with Crippen LogP contribution in [-0.4, -0.2) is 48.1 Å². The lowest BCUT2D eigenvalue weighted by atomic mass is 9.93. The highest BCUT2D eigenvalue weighted by Crippen LogP contribution is 2.26. The van der Waals surface area contributed by atoms with Gasteiger partial charge < -0.3 is 15.0 Å². The van der Waals surface area contributed by atoms with Crippen LogP contribution < -0.4 is 5.32 Å². The number of hydrogen-bond acceptors (Lipinski definition) is 5. The van der Waals surface area contributed by atoms with Gasteiger partial charge in [-0.2, -0.15) is 0 Å². The molecule has 3 rings (SSSR count). The van der Waals surface area contributed by atoms with Gasteiger partial charge in [0.15, 0.2) is 5.13 Å². The summed E-state index contributed by atoms with van der Waals surface area (Å²) in [6.45, 7) is 2.64. The lowest BCUT2D eigenvalue weighted by molar-refractivity contribution is 0.0306. The van der Waals surface area contributed by atoms with Crippen LogP contribution in [0.25, 0.3) is 0 Å². The van der Waals surface area contributed by atoms with Gasteiger partial charge in [-0.05, 0) is 19.3 Å². The van der Waals surface area contributed by atoms with Crippen LogP contribution in [0.4, 0.5) is 5.13 Å². The molecule has 1 aliphatic carbocycles. The average Bonchev–Trinajstić information content (AvgIpc) is 2.83. The molecule has 2 heterocycles. The van der Waals surface area contributed by atoms with E-state index >= 15 is 0 Å². The Morgan fingerprint density at radius 2 is 2.22 bits per heavy atom. The zero-order valence-electron chi connectivity index (χ0n) is 10.2. The molecule has 1 saturated carbocycles. The second-order valence-corrected chi connectivity index (χ2v) is 5.74. The van der Waals surface area contributed by atoms with Crippen LogP contribution >= 0.6 is 11.3 Å². The van der Waals surface area contributed by atoms with Crippen molar-refractivity contribution in [3.63, 3.8) is 0 Å². The summed E-state index contributed by atoms with van der Waals surface area (Å²) in [5.41, 5.74) is 0. The Morgan fingerprint density at radius 3 is 2.89 bits per heavy atom. The lowest BCUT2D eigenvalue weighted by Crippen LogP contribution is -2.40. The number of nitrogens with one attached hydrogen (secondary N) is 1. The van der Waals surface area contributed by atoms with Crippen molar-refractivity contribution in [1.29, 1.82) is 0 Å². The molecule has 5 nitrogen and oxygen atoms in total. The predicted octanol–water partition coefficient (Wildman–Crippen LogP) is 1.58. The fourth-order valence-electron chi connectivity index (χ4n) is 2.09. The second kappa shape index (κ2) is 5.24. The van der Waals surface area contributed by atoms with E-state index in [1.165, 1.54) is 30.6 Å². The van der Waals surface area contributed by atoms with Crippen LogP contribution in [0.5, 0.6) is 0 Å². The third kappa shape index (κ3) is 2.49. The van der Waals surface area contributed by atoms with Gasteiger partial charge in [0.05, 0.1) is 19.4 Å². The SMILES string of the molecule is O=C(c1cnc(NC2CCC2)s1)N1CCOCC1. The summed E-state index contributed by atoms with van der Waals surface area (Å²) in [5.74, 6) is 0.0810. The molecule has 2 aliphatic rings. The molecule has 0 atom stereocenters. The van der Waals surface area contributed by atoms with Crippen LogP contribution in [0.15, 0.2) is 6.20 Å². The molecule has 18 heavy (non-hydrogen) atoms. The minimum Gasteiger partial charge on any atom is -0.378 e. The summed E-state index contributed by atoms with van der Waals surface area (Å²) >= 11 is 1.46. The number of amides is 1. The van der Waals surface area contributed by atoms with Crippen molar-refractivity contribution in [2.45, 2.75) is 25.3 Å². The first kappa shape index (κ1) is 11.9. The zero-order valence-corrected chi connectivity index (χ0v) is 11.0. The molecule has 98 valence electrons. The third-order valence-electron chi connectivity index (χ3n) is 3.45. The van der Waals surface area contributed by atoms with E-state index in [-0.39, 0.29) is 5.91 Å². The van der Waals surface area contributed by atoms with Gasteiger partial charge >= 0.3 is 0 Å². The molecule has 0 bridgehead atoms. The number of thiazole rings is 1. The molecular weight excluding hydrogens is 250 g/mol. The lowest BCUT2D eigenvalue weighted by Gasteiger charge is -2.26. The van der Waals surface area contributed by atoms with Crippen molar-refractivity contribution in [2.75, 3.05) is 31.6 Å². The summed E-state index contributed by atoms with van der Waals surface area (Å²) < 4.78 is 5.25. The Kier molecular flexibility index (Phi) is 3.47. The zero-order chi connectivity index (χ0) is 12.4. The van der Waals surface area contributed by atoms with Crippen molar-refractivity contribution in [3.8, 4) is 0 Å². The maximum atomic E-state index is 12.2. The van der Waals surface area contributed by atoms with Crippen molar-refractivity contribution in [1.82, 2.24) is 9.88 Å². The van der Waals surface area contributed by atoms with Crippen LogP contribution in [0.1, 0.15) is 28.9 Å². The number of anilines is 1. The van der Waals surface area contributed by atoms with Crippen molar-refractivity contribution in [2.24, 2.45) is 0 Å². The predicted molar refractivity (Wildman–Crippen MR) is 70.1 cm³/mol. The number of nitrogens with zero attached hydrogens (tertiary/aromatic N) is 2. The van der Waals surface area contributed by atoms with Crippen LogP contribution in [0, 0.1) is 0 Å². The highest BCUT2D eigenvalue weighted by atomic mass is 32.1. The number of hydrogen-bond donors (Lipinski definition) is 1. The van der Waals surface area contributed by atoms with Gasteiger partial charge in [-0.15, -0.1) is 0 Å². The molecule has 1 aromatic rings. The van der Waals surface area contributed by atoms with Crippen LogP contribution in [-0.2, 0) is 4.74 Å². The molecule has 1 aliphatic heterocycles. The largest absolute Gasteiger partial charge is 0.378 e. The molecule has 0 unspecified atom stereocenters. The Balaban J connectivity index is 1.62. The number of rotatable bonds is 3. The molecular formula is C12H17N3O2S. The first-order chi connectivity index (χ1) is 8.83. The van der Waals surface area contributed by atoms with E-state index in [4.69, 9.17) is 4.74 Å². The number of carbonyl (C=O) groups excluding carboxylic acids is 1. The maximum Gasteiger partial charge on any atom is 0.265 e. The van der Waals surface area contributed by atoms with Gasteiger partial charge in [-0.1, -0.05) is 11.3 Å². The Morgan fingerprint density at radius 1 is 1.44 bits per heavy atom. The summed E-state index contributed by atoms with van der Waals surface area (Å²) in [7, 11) is 0. The topological polar surface area (TPSA) is 54.5 Å². The van der Waals surface area contributed by atoms with Crippen molar-refractivity contribution >= 4 is 22.4 Å². The standard InChI is InChI=1S/C12H17N3O2S/c16-11(15-4-6-17-7-5-15)10-8-13-12(18-10)14-9-2-1-3-9/h8-9H,1-7H2,(H,13,14). The second-order valence-electron chi connectivity index (χ2n) is 4.71. The summed E-state index contributed by atoms with van der Waals surface area (Å²) in [5, 5.41) is 4.24. The molecule has 1 amide bonds. The molecule has 0 spiro atoms. The normalized spacial score (nSPS) is 20.6. The fraction of sp³-hybridized carbons (Fsp3) is 0.667. The van der Waals surface area contributed by atoms with Gasteiger partial charge in [0.2, 0.25) is 0 Å². The van der Waals surface area contributed by atoms with Gasteiger partial charge in [0.25, 0.3) is 5.91 Å². The third-order valence-corrected chi connectivity index (χ3v) is 4.36. The molecule has 6 heteroatoms. The van der Waals surface area contributed by atoms with Crippen molar-refractivity contribution in [3.05, 3.63) is 11.1 Å². The van der Waals surface area contributed by atoms with Crippen molar-refractivity contribution < 1.29 is 9.53 Å². The Hall–Kier alpha value is -1.14. The fourth-order valence-corrected chi connectivity index (χ4v) is 2.95. The van der Waals surface area contributed by atoms with E-state index in [9.17, 15) is 4.79 Å². The van der Waals surface area contributed by atoms with E-state index in [0.717, 1.165) is 10.0 Å². The molecule has 1 saturated heterocycles. The van der Waals surface area contributed by atoms with Crippen LogP contribution in [0.3, 0.4) is 0 Å². The molecule has 1 N–H and O–H groups in total. The Bertz CT molecular complexity index is 425. The quantitative estimate of drug-likeness (QED) is 0.903. The van der Waals surface area contributed by atoms with E-state index in [1.807, 2.05) is 4.90 Å². The van der Waals surface area contributed by atoms with Gasteiger partial charge in [-0.3, -0.25) is 4.79 Å². The number of carbonyl (C=O) groups is 1. The monoisotopic (exact) mass is 267 g/mol. The summed E-state index contributed by atoms with van der Waals surface area (Å²) in [6, 6.07) is 0.558. The number of morpholine rings is 1. The minimum absolute atomic E-state index is 0.0810. The Labute approximate surface area is 110 Å². The van der Waals surface area contributed by atoms with E-state index in [2.05, 4.69) is 10.3 Å². The highest BCUT2D eigenvalue weighted by molar-refractivity contribution is 7.17. The average molecular weight is 267 g/mol. The number of aromatic nitrogens is 1. The first-order valence-electron chi connectivity index (χ1n) is 6.42.